The molecule has 0 unspecified atom stereocenters. The molecule has 5 heteroatoms. The van der Waals surface area contributed by atoms with Crippen LogP contribution in [-0.2, 0) is 17.7 Å². The third-order valence-corrected chi connectivity index (χ3v) is 3.56. The first-order valence-electron chi connectivity index (χ1n) is 7.13. The first kappa shape index (κ1) is 15.1. The lowest BCUT2D eigenvalue weighted by atomic mass is 10.0. The summed E-state index contributed by atoms with van der Waals surface area (Å²) in [6, 6.07) is 0. The lowest BCUT2D eigenvalue weighted by molar-refractivity contribution is 0.0337. The van der Waals surface area contributed by atoms with E-state index in [1.165, 1.54) is 0 Å². The molecule has 1 saturated heterocycles. The molecule has 1 N–H and O–H groups in total. The fraction of sp³-hybridized carbons (Fsp3) is 0.667. The number of carbonyl (C=O) groups is 1. The first-order valence-corrected chi connectivity index (χ1v) is 7.13. The van der Waals surface area contributed by atoms with Crippen LogP contribution in [0.5, 0.6) is 0 Å². The number of nitrogens with zero attached hydrogens (tertiary/aromatic N) is 1. The van der Waals surface area contributed by atoms with Gasteiger partial charge in [-0.15, -0.1) is 0 Å². The van der Waals surface area contributed by atoms with Gasteiger partial charge in [-0.2, -0.15) is 0 Å². The van der Waals surface area contributed by atoms with Crippen LogP contribution in [0.1, 0.15) is 41.3 Å². The molecule has 1 aromatic rings. The van der Waals surface area contributed by atoms with E-state index in [1.807, 2.05) is 0 Å². The van der Waals surface area contributed by atoms with Crippen molar-refractivity contribution in [1.29, 1.82) is 0 Å². The summed E-state index contributed by atoms with van der Waals surface area (Å²) >= 11 is 0. The summed E-state index contributed by atoms with van der Waals surface area (Å²) < 4.78 is 11.1. The molecule has 0 radical (unpaired) electrons. The molecule has 0 aromatic carbocycles. The lowest BCUT2D eigenvalue weighted by Gasteiger charge is -2.26. The van der Waals surface area contributed by atoms with E-state index in [1.54, 1.807) is 6.92 Å². The Hall–Kier alpha value is -1.33. The van der Waals surface area contributed by atoms with E-state index in [-0.39, 0.29) is 0 Å². The molecule has 2 heterocycles. The molecule has 0 bridgehead atoms. The van der Waals surface area contributed by atoms with Crippen molar-refractivity contribution < 1.29 is 19.1 Å². The second-order valence-electron chi connectivity index (χ2n) is 5.73. The van der Waals surface area contributed by atoms with Crippen molar-refractivity contribution in [2.24, 2.45) is 5.92 Å². The second kappa shape index (κ2) is 6.41. The van der Waals surface area contributed by atoms with Gasteiger partial charge < -0.3 is 14.3 Å². The first-order chi connectivity index (χ1) is 9.49. The Morgan fingerprint density at radius 2 is 2.00 bits per heavy atom. The molecule has 1 aliphatic rings. The summed E-state index contributed by atoms with van der Waals surface area (Å²) in [5, 5.41) is 9.42. The van der Waals surface area contributed by atoms with E-state index >= 15 is 0 Å². The molecule has 0 amide bonds. The summed E-state index contributed by atoms with van der Waals surface area (Å²) in [5.74, 6) is 0.868. The SMILES string of the molecule is Cc1oc(CC(C)C)c(CN2CCOCC2)c1C(=O)O. The normalized spacial score (nSPS) is 16.8. The van der Waals surface area contributed by atoms with E-state index in [4.69, 9.17) is 9.15 Å². The van der Waals surface area contributed by atoms with Crippen LogP contribution < -0.4 is 0 Å². The standard InChI is InChI=1S/C15H23NO4/c1-10(2)8-13-12(9-16-4-6-19-7-5-16)14(15(17)18)11(3)20-13/h10H,4-9H2,1-3H3,(H,17,18). The summed E-state index contributed by atoms with van der Waals surface area (Å²) in [6.45, 7) is 9.67. The number of hydrogen-bond acceptors (Lipinski definition) is 4. The Labute approximate surface area is 119 Å². The number of furan rings is 1. The predicted octanol–water partition coefficient (Wildman–Crippen LogP) is 2.32. The minimum Gasteiger partial charge on any atom is -0.478 e. The fourth-order valence-corrected chi connectivity index (χ4v) is 2.61. The van der Waals surface area contributed by atoms with Crippen LogP contribution >= 0.6 is 0 Å². The monoisotopic (exact) mass is 281 g/mol. The van der Waals surface area contributed by atoms with Gasteiger partial charge >= 0.3 is 5.97 Å². The van der Waals surface area contributed by atoms with Crippen molar-refractivity contribution in [2.45, 2.75) is 33.7 Å². The van der Waals surface area contributed by atoms with Crippen molar-refractivity contribution in [1.82, 2.24) is 4.90 Å². The maximum atomic E-state index is 11.5. The van der Waals surface area contributed by atoms with Gasteiger partial charge in [-0.25, -0.2) is 4.79 Å². The highest BCUT2D eigenvalue weighted by atomic mass is 16.5. The Kier molecular flexibility index (Phi) is 4.83. The van der Waals surface area contributed by atoms with Crippen LogP contribution in [0, 0.1) is 12.8 Å². The lowest BCUT2D eigenvalue weighted by Crippen LogP contribution is -2.36. The highest BCUT2D eigenvalue weighted by Gasteiger charge is 2.25. The highest BCUT2D eigenvalue weighted by molar-refractivity contribution is 5.90. The molecular formula is C15H23NO4. The van der Waals surface area contributed by atoms with Gasteiger partial charge in [-0.05, 0) is 12.8 Å². The smallest absolute Gasteiger partial charge is 0.339 e. The number of hydrogen-bond donors (Lipinski definition) is 1. The maximum absolute atomic E-state index is 11.5. The van der Waals surface area contributed by atoms with Gasteiger partial charge in [0.25, 0.3) is 0 Å². The molecule has 0 saturated carbocycles. The molecular weight excluding hydrogens is 258 g/mol. The number of carboxylic acid groups (broad SMARTS) is 1. The van der Waals surface area contributed by atoms with Crippen LogP contribution in [0.2, 0.25) is 0 Å². The van der Waals surface area contributed by atoms with Crippen molar-refractivity contribution in [3.05, 3.63) is 22.6 Å². The van der Waals surface area contributed by atoms with Crippen LogP contribution in [-0.4, -0.2) is 42.3 Å². The van der Waals surface area contributed by atoms with Gasteiger partial charge in [0.15, 0.2) is 0 Å². The molecule has 1 fully saturated rings. The zero-order chi connectivity index (χ0) is 14.7. The molecule has 5 nitrogen and oxygen atoms in total. The van der Waals surface area contributed by atoms with Gasteiger partial charge in [0, 0.05) is 31.6 Å². The van der Waals surface area contributed by atoms with Crippen LogP contribution in [0.15, 0.2) is 4.42 Å². The van der Waals surface area contributed by atoms with E-state index in [0.717, 1.165) is 30.8 Å². The fourth-order valence-electron chi connectivity index (χ4n) is 2.61. The summed E-state index contributed by atoms with van der Waals surface area (Å²) in [4.78, 5) is 13.7. The number of morpholine rings is 1. The van der Waals surface area contributed by atoms with Gasteiger partial charge in [-0.3, -0.25) is 4.90 Å². The van der Waals surface area contributed by atoms with Crippen molar-refractivity contribution in [3.63, 3.8) is 0 Å². The van der Waals surface area contributed by atoms with Gasteiger partial charge in [-0.1, -0.05) is 13.8 Å². The third kappa shape index (κ3) is 3.41. The van der Waals surface area contributed by atoms with Gasteiger partial charge in [0.2, 0.25) is 0 Å². The number of rotatable bonds is 5. The predicted molar refractivity (Wildman–Crippen MR) is 75.0 cm³/mol. The molecule has 0 spiro atoms. The quantitative estimate of drug-likeness (QED) is 0.897. The van der Waals surface area contributed by atoms with Crippen LogP contribution in [0.3, 0.4) is 0 Å². The molecule has 1 aliphatic heterocycles. The average molecular weight is 281 g/mol. The molecule has 1 aromatic heterocycles. The summed E-state index contributed by atoms with van der Waals surface area (Å²) in [5.41, 5.74) is 1.18. The summed E-state index contributed by atoms with van der Waals surface area (Å²) in [6.07, 6.45) is 0.772. The zero-order valence-corrected chi connectivity index (χ0v) is 12.4. The van der Waals surface area contributed by atoms with E-state index in [2.05, 4.69) is 18.7 Å². The molecule has 2 rings (SSSR count). The van der Waals surface area contributed by atoms with Gasteiger partial charge in [0.05, 0.1) is 13.2 Å². The summed E-state index contributed by atoms with van der Waals surface area (Å²) in [7, 11) is 0. The number of carboxylic acids is 1. The molecule has 0 atom stereocenters. The number of aromatic carboxylic acids is 1. The Balaban J connectivity index is 2.28. The largest absolute Gasteiger partial charge is 0.478 e. The minimum atomic E-state index is -0.899. The van der Waals surface area contributed by atoms with Crippen LogP contribution in [0.4, 0.5) is 0 Å². The zero-order valence-electron chi connectivity index (χ0n) is 12.4. The van der Waals surface area contributed by atoms with Gasteiger partial charge in [0.1, 0.15) is 17.1 Å². The Bertz CT molecular complexity index is 472. The molecule has 20 heavy (non-hydrogen) atoms. The third-order valence-electron chi connectivity index (χ3n) is 3.56. The number of ether oxygens (including phenoxy) is 1. The molecule has 0 aliphatic carbocycles. The van der Waals surface area contributed by atoms with E-state index < -0.39 is 5.97 Å². The Morgan fingerprint density at radius 3 is 2.55 bits per heavy atom. The molecule has 112 valence electrons. The number of aryl methyl sites for hydroxylation is 1. The average Bonchev–Trinajstić information content (AvgIpc) is 2.66. The second-order valence-corrected chi connectivity index (χ2v) is 5.73. The van der Waals surface area contributed by atoms with Crippen molar-refractivity contribution in [2.75, 3.05) is 26.3 Å². The van der Waals surface area contributed by atoms with E-state index in [0.29, 0.717) is 37.0 Å². The topological polar surface area (TPSA) is 62.9 Å². The van der Waals surface area contributed by atoms with E-state index in [9.17, 15) is 9.90 Å². The van der Waals surface area contributed by atoms with Crippen molar-refractivity contribution >= 4 is 5.97 Å². The maximum Gasteiger partial charge on any atom is 0.339 e. The van der Waals surface area contributed by atoms with Crippen LogP contribution in [0.25, 0.3) is 0 Å². The minimum absolute atomic E-state index is 0.340. The highest BCUT2D eigenvalue weighted by Crippen LogP contribution is 2.26. The van der Waals surface area contributed by atoms with Crippen molar-refractivity contribution in [3.8, 4) is 0 Å². The Morgan fingerprint density at radius 1 is 1.35 bits per heavy atom.